The van der Waals surface area contributed by atoms with E-state index < -0.39 is 0 Å². The normalized spacial score (nSPS) is 23.2. The van der Waals surface area contributed by atoms with Gasteiger partial charge in [0.1, 0.15) is 0 Å². The zero-order chi connectivity index (χ0) is 29.0. The summed E-state index contributed by atoms with van der Waals surface area (Å²) in [6.45, 7) is 7.02. The lowest BCUT2D eigenvalue weighted by Crippen LogP contribution is -2.15. The van der Waals surface area contributed by atoms with Gasteiger partial charge in [0.05, 0.1) is 0 Å². The lowest BCUT2D eigenvalue weighted by Gasteiger charge is -2.29. The van der Waals surface area contributed by atoms with Crippen LogP contribution in [0.4, 0.5) is 0 Å². The molecule has 0 N–H and O–H groups in total. The number of benzene rings is 1. The zero-order valence-electron chi connectivity index (χ0n) is 28.3. The fourth-order valence-electron chi connectivity index (χ4n) is 8.32. The van der Waals surface area contributed by atoms with E-state index in [1.807, 2.05) is 0 Å². The summed E-state index contributed by atoms with van der Waals surface area (Å²) < 4.78 is 0. The van der Waals surface area contributed by atoms with Crippen molar-refractivity contribution >= 4 is 0 Å². The van der Waals surface area contributed by atoms with E-state index in [0.717, 1.165) is 23.7 Å². The molecule has 0 radical (unpaired) electrons. The molecule has 0 spiro atoms. The van der Waals surface area contributed by atoms with Crippen LogP contribution in [0.25, 0.3) is 0 Å². The van der Waals surface area contributed by atoms with Gasteiger partial charge in [-0.15, -0.1) is 0 Å². The molecule has 2 fully saturated rings. The minimum atomic E-state index is 0.986. The average molecular weight is 565 g/mol. The van der Waals surface area contributed by atoms with Crippen LogP contribution in [0.2, 0.25) is 0 Å². The van der Waals surface area contributed by atoms with Gasteiger partial charge in [-0.05, 0) is 73.0 Å². The van der Waals surface area contributed by atoms with Gasteiger partial charge in [-0.2, -0.15) is 0 Å². The summed E-state index contributed by atoms with van der Waals surface area (Å²) in [5.41, 5.74) is 4.79. The van der Waals surface area contributed by atoms with E-state index in [2.05, 4.69) is 39.0 Å². The van der Waals surface area contributed by atoms with Gasteiger partial charge < -0.3 is 0 Å². The van der Waals surface area contributed by atoms with Crippen molar-refractivity contribution in [3.8, 4) is 0 Å². The summed E-state index contributed by atoms with van der Waals surface area (Å²) in [7, 11) is 0. The molecule has 0 heterocycles. The molecule has 0 amide bonds. The van der Waals surface area contributed by atoms with Crippen LogP contribution in [0.1, 0.15) is 197 Å². The Kier molecular flexibility index (Phi) is 18.5. The highest BCUT2D eigenvalue weighted by molar-refractivity contribution is 5.31. The van der Waals surface area contributed by atoms with E-state index in [1.165, 1.54) is 180 Å². The molecule has 2 saturated carbocycles. The van der Waals surface area contributed by atoms with E-state index in [0.29, 0.717) is 0 Å². The standard InChI is InChI=1S/C41H72/c1-4-6-8-10-12-14-16-18-36-20-24-38(25-21-36)28-29-40-31-33-41(35(3)34-40)32-30-39-26-22-37(23-27-39)19-17-15-13-11-9-7-5-2/h31,33-34,36-39H,4-30,32H2,1-3H3/t36-,37-,38-,39-. The van der Waals surface area contributed by atoms with Gasteiger partial charge in [0.25, 0.3) is 0 Å². The Morgan fingerprint density at radius 1 is 0.463 bits per heavy atom. The largest absolute Gasteiger partial charge is 0.0654 e. The maximum atomic E-state index is 2.54. The fourth-order valence-corrected chi connectivity index (χ4v) is 8.32. The Morgan fingerprint density at radius 3 is 1.29 bits per heavy atom. The molecule has 2 aliphatic rings. The number of hydrogen-bond donors (Lipinski definition) is 0. The smallest absolute Gasteiger partial charge is 0.0274 e. The fraction of sp³-hybridized carbons (Fsp3) is 0.854. The lowest BCUT2D eigenvalue weighted by atomic mass is 9.77. The molecule has 0 atom stereocenters. The van der Waals surface area contributed by atoms with E-state index in [4.69, 9.17) is 0 Å². The Hall–Kier alpha value is -0.780. The average Bonchev–Trinajstić information content (AvgIpc) is 3.00. The summed E-state index contributed by atoms with van der Waals surface area (Å²) in [6, 6.07) is 7.52. The van der Waals surface area contributed by atoms with Crippen molar-refractivity contribution in [1.82, 2.24) is 0 Å². The summed E-state index contributed by atoms with van der Waals surface area (Å²) in [5, 5.41) is 0. The first-order valence-electron chi connectivity index (χ1n) is 19.3. The molecule has 2 aliphatic carbocycles. The van der Waals surface area contributed by atoms with Crippen LogP contribution in [0, 0.1) is 30.6 Å². The predicted molar refractivity (Wildman–Crippen MR) is 184 cm³/mol. The van der Waals surface area contributed by atoms with Crippen LogP contribution in [-0.2, 0) is 12.8 Å². The van der Waals surface area contributed by atoms with Crippen molar-refractivity contribution in [2.45, 2.75) is 201 Å². The van der Waals surface area contributed by atoms with Gasteiger partial charge in [-0.1, -0.05) is 186 Å². The summed E-state index contributed by atoms with van der Waals surface area (Å²) >= 11 is 0. The predicted octanol–water partition coefficient (Wildman–Crippen LogP) is 13.8. The van der Waals surface area contributed by atoms with Crippen molar-refractivity contribution in [2.24, 2.45) is 23.7 Å². The van der Waals surface area contributed by atoms with E-state index in [1.54, 1.807) is 16.7 Å². The van der Waals surface area contributed by atoms with Crippen molar-refractivity contribution in [3.05, 3.63) is 34.9 Å². The molecule has 0 aromatic heterocycles. The molecule has 0 bridgehead atoms. The second-order valence-electron chi connectivity index (χ2n) is 14.9. The molecule has 0 nitrogen and oxygen atoms in total. The number of aryl methyl sites for hydroxylation is 3. The molecule has 41 heavy (non-hydrogen) atoms. The summed E-state index contributed by atoms with van der Waals surface area (Å²) in [4.78, 5) is 0. The molecule has 1 aromatic carbocycles. The van der Waals surface area contributed by atoms with Crippen LogP contribution < -0.4 is 0 Å². The first kappa shape index (κ1) is 34.7. The van der Waals surface area contributed by atoms with Crippen LogP contribution in [-0.4, -0.2) is 0 Å². The highest BCUT2D eigenvalue weighted by Crippen LogP contribution is 2.36. The third-order valence-corrected chi connectivity index (χ3v) is 11.4. The minimum Gasteiger partial charge on any atom is -0.0654 e. The van der Waals surface area contributed by atoms with Gasteiger partial charge in [0.2, 0.25) is 0 Å². The third kappa shape index (κ3) is 15.0. The molecule has 0 aliphatic heterocycles. The van der Waals surface area contributed by atoms with Crippen molar-refractivity contribution in [2.75, 3.05) is 0 Å². The van der Waals surface area contributed by atoms with Crippen LogP contribution in [0.15, 0.2) is 18.2 Å². The summed E-state index contributed by atoms with van der Waals surface area (Å²) in [5.74, 6) is 4.06. The highest BCUT2D eigenvalue weighted by Gasteiger charge is 2.22. The van der Waals surface area contributed by atoms with Crippen molar-refractivity contribution in [3.63, 3.8) is 0 Å². The van der Waals surface area contributed by atoms with Crippen LogP contribution in [0.5, 0.6) is 0 Å². The first-order valence-corrected chi connectivity index (χ1v) is 19.3. The number of hydrogen-bond acceptors (Lipinski definition) is 0. The Labute approximate surface area is 258 Å². The van der Waals surface area contributed by atoms with Gasteiger partial charge >= 0.3 is 0 Å². The Balaban J connectivity index is 1.22. The molecule has 0 heteroatoms. The molecule has 3 rings (SSSR count). The molecule has 236 valence electrons. The maximum Gasteiger partial charge on any atom is -0.0274 e. The Morgan fingerprint density at radius 2 is 0.854 bits per heavy atom. The summed E-state index contributed by atoms with van der Waals surface area (Å²) in [6.07, 6.45) is 40.9. The monoisotopic (exact) mass is 565 g/mol. The third-order valence-electron chi connectivity index (χ3n) is 11.4. The second kappa shape index (κ2) is 21.8. The highest BCUT2D eigenvalue weighted by atomic mass is 14.3. The number of unbranched alkanes of at least 4 members (excludes halogenated alkanes) is 12. The second-order valence-corrected chi connectivity index (χ2v) is 14.9. The molecule has 0 saturated heterocycles. The van der Waals surface area contributed by atoms with Gasteiger partial charge in [-0.25, -0.2) is 0 Å². The molecule has 1 aromatic rings. The van der Waals surface area contributed by atoms with Gasteiger partial charge in [0.15, 0.2) is 0 Å². The number of rotatable bonds is 22. The van der Waals surface area contributed by atoms with Crippen LogP contribution in [0.3, 0.4) is 0 Å². The van der Waals surface area contributed by atoms with Gasteiger partial charge in [-0.3, -0.25) is 0 Å². The lowest BCUT2D eigenvalue weighted by molar-refractivity contribution is 0.248. The van der Waals surface area contributed by atoms with E-state index in [9.17, 15) is 0 Å². The first-order chi connectivity index (χ1) is 20.2. The maximum absolute atomic E-state index is 2.54. The molecular formula is C41H72. The van der Waals surface area contributed by atoms with E-state index in [-0.39, 0.29) is 0 Å². The van der Waals surface area contributed by atoms with Crippen LogP contribution >= 0.6 is 0 Å². The zero-order valence-corrected chi connectivity index (χ0v) is 28.3. The molecular weight excluding hydrogens is 492 g/mol. The van der Waals surface area contributed by atoms with Gasteiger partial charge in [0, 0.05) is 0 Å². The minimum absolute atomic E-state index is 0.986. The molecule has 0 unspecified atom stereocenters. The van der Waals surface area contributed by atoms with Crippen molar-refractivity contribution in [1.29, 1.82) is 0 Å². The topological polar surface area (TPSA) is 0 Å². The Bertz CT molecular complexity index is 745. The SMILES string of the molecule is CCCCCCCCC[C@H]1CC[C@H](CCc2ccc(CC[C@H]3CC[C@H](CCCCCCCCC)CC3)c(C)c2)CC1. The van der Waals surface area contributed by atoms with E-state index >= 15 is 0 Å². The quantitative estimate of drug-likeness (QED) is 0.123. The van der Waals surface area contributed by atoms with Crippen molar-refractivity contribution < 1.29 is 0 Å².